The topological polar surface area (TPSA) is 172 Å². The zero-order chi connectivity index (χ0) is 40.0. The van der Waals surface area contributed by atoms with Gasteiger partial charge in [0.25, 0.3) is 0 Å². The molecule has 0 aromatic rings. The quantitative estimate of drug-likeness (QED) is 0.0237. The average Bonchev–Trinajstić information content (AvgIpc) is 3.14. The van der Waals surface area contributed by atoms with Gasteiger partial charge < -0.3 is 25.2 Å². The van der Waals surface area contributed by atoms with E-state index in [2.05, 4.69) is 79.1 Å². The Morgan fingerprint density at radius 1 is 0.593 bits per heavy atom. The number of rotatable bonds is 37. The van der Waals surface area contributed by atoms with Crippen LogP contribution in [0.2, 0.25) is 0 Å². The highest BCUT2D eigenvalue weighted by atomic mass is 31.2. The van der Waals surface area contributed by atoms with Crippen LogP contribution in [0, 0.1) is 0 Å². The largest absolute Gasteiger partial charge is 0.480 e. The van der Waals surface area contributed by atoms with E-state index in [1.807, 2.05) is 0 Å². The molecule has 0 aromatic heterocycles. The van der Waals surface area contributed by atoms with E-state index in [-0.39, 0.29) is 19.4 Å². The first kappa shape index (κ1) is 51.2. The summed E-state index contributed by atoms with van der Waals surface area (Å²) in [6.45, 7) is 2.61. The number of allylic oxidation sites excluding steroid dienone is 10. The van der Waals surface area contributed by atoms with Gasteiger partial charge in [0, 0.05) is 12.8 Å². The van der Waals surface area contributed by atoms with Crippen molar-refractivity contribution in [1.29, 1.82) is 0 Å². The molecular formula is C42H72NO10P. The fourth-order valence-electron chi connectivity index (χ4n) is 5.05. The van der Waals surface area contributed by atoms with Crippen molar-refractivity contribution < 1.29 is 47.5 Å². The predicted octanol–water partition coefficient (Wildman–Crippen LogP) is 10.4. The average molecular weight is 782 g/mol. The molecular weight excluding hydrogens is 709 g/mol. The molecule has 0 saturated heterocycles. The van der Waals surface area contributed by atoms with E-state index >= 15 is 0 Å². The van der Waals surface area contributed by atoms with Crippen LogP contribution in [0.1, 0.15) is 155 Å². The molecule has 0 aliphatic rings. The van der Waals surface area contributed by atoms with Crippen molar-refractivity contribution >= 4 is 25.7 Å². The molecule has 4 N–H and O–H groups in total. The minimum atomic E-state index is -4.73. The second-order valence-corrected chi connectivity index (χ2v) is 14.8. The summed E-state index contributed by atoms with van der Waals surface area (Å²) < 4.78 is 32.6. The third-order valence-electron chi connectivity index (χ3n) is 8.25. The Kier molecular flexibility index (Phi) is 35.2. The molecule has 54 heavy (non-hydrogen) atoms. The van der Waals surface area contributed by atoms with Crippen molar-refractivity contribution in [3.05, 3.63) is 60.8 Å². The Hall–Kier alpha value is -2.82. The Balaban J connectivity index is 4.50. The number of carbonyl (C=O) groups excluding carboxylic acids is 2. The van der Waals surface area contributed by atoms with Crippen LogP contribution < -0.4 is 5.73 Å². The molecule has 0 aromatic carbocycles. The summed E-state index contributed by atoms with van der Waals surface area (Å²) >= 11 is 0. The van der Waals surface area contributed by atoms with Gasteiger partial charge in [-0.3, -0.25) is 23.4 Å². The van der Waals surface area contributed by atoms with Gasteiger partial charge >= 0.3 is 25.7 Å². The number of hydrogen-bond acceptors (Lipinski definition) is 9. The van der Waals surface area contributed by atoms with Crippen LogP contribution >= 0.6 is 7.82 Å². The summed E-state index contributed by atoms with van der Waals surface area (Å²) in [7, 11) is -4.73. The van der Waals surface area contributed by atoms with Crippen molar-refractivity contribution in [2.45, 2.75) is 167 Å². The Bertz CT molecular complexity index is 1150. The van der Waals surface area contributed by atoms with Crippen LogP contribution in [0.15, 0.2) is 60.8 Å². The highest BCUT2D eigenvalue weighted by Crippen LogP contribution is 2.43. The van der Waals surface area contributed by atoms with Crippen LogP contribution in [0.4, 0.5) is 0 Å². The standard InChI is InChI=1S/C42H72NO10P/c1-3-5-7-9-11-13-15-17-19-21-23-25-27-29-31-33-40(44)50-35-38(36-51-54(48,49)52-37-39(43)42(46)47)53-41(45)34-32-30-28-26-24-22-20-18-16-14-12-10-8-6-4-2/h6,8,12,14,17-20,24,26,38-39H,3-5,7,9-11,13,15-16,21-23,25,27-37,43H2,1-2H3,(H,46,47)(H,48,49)/b8-6-,14-12-,19-17-,20-18-,26-24-. The molecule has 12 heteroatoms. The van der Waals surface area contributed by atoms with Gasteiger partial charge in [-0.2, -0.15) is 0 Å². The van der Waals surface area contributed by atoms with E-state index in [1.165, 1.54) is 38.5 Å². The number of hydrogen-bond donors (Lipinski definition) is 3. The van der Waals surface area contributed by atoms with Crippen molar-refractivity contribution in [2.75, 3.05) is 19.8 Å². The maximum atomic E-state index is 12.6. The number of esters is 2. The van der Waals surface area contributed by atoms with Crippen LogP contribution in [-0.4, -0.2) is 59.9 Å². The van der Waals surface area contributed by atoms with Gasteiger partial charge in [-0.05, 0) is 77.0 Å². The lowest BCUT2D eigenvalue weighted by atomic mass is 10.1. The van der Waals surface area contributed by atoms with Gasteiger partial charge in [-0.15, -0.1) is 0 Å². The van der Waals surface area contributed by atoms with Crippen molar-refractivity contribution in [3.63, 3.8) is 0 Å². The molecule has 0 bridgehead atoms. The van der Waals surface area contributed by atoms with E-state index < -0.39 is 51.1 Å². The van der Waals surface area contributed by atoms with Gasteiger partial charge in [0.2, 0.25) is 0 Å². The number of ether oxygens (including phenoxy) is 2. The molecule has 0 saturated carbocycles. The molecule has 11 nitrogen and oxygen atoms in total. The molecule has 3 atom stereocenters. The van der Waals surface area contributed by atoms with Crippen LogP contribution in [0.5, 0.6) is 0 Å². The van der Waals surface area contributed by atoms with E-state index in [1.54, 1.807) is 0 Å². The van der Waals surface area contributed by atoms with Gasteiger partial charge in [0.05, 0.1) is 13.2 Å². The molecule has 0 heterocycles. The monoisotopic (exact) mass is 781 g/mol. The summed E-state index contributed by atoms with van der Waals surface area (Å²) in [5, 5.41) is 8.87. The second-order valence-electron chi connectivity index (χ2n) is 13.4. The third-order valence-corrected chi connectivity index (χ3v) is 9.20. The first-order chi connectivity index (χ1) is 26.1. The molecule has 310 valence electrons. The number of aliphatic carboxylic acids is 1. The van der Waals surface area contributed by atoms with Gasteiger partial charge in [0.15, 0.2) is 6.10 Å². The second kappa shape index (κ2) is 37.1. The zero-order valence-corrected chi connectivity index (χ0v) is 34.2. The van der Waals surface area contributed by atoms with Crippen molar-refractivity contribution in [2.24, 2.45) is 5.73 Å². The summed E-state index contributed by atoms with van der Waals surface area (Å²) in [5.74, 6) is -2.45. The first-order valence-corrected chi connectivity index (χ1v) is 21.8. The van der Waals surface area contributed by atoms with E-state index in [0.29, 0.717) is 12.8 Å². The van der Waals surface area contributed by atoms with Gasteiger partial charge in [0.1, 0.15) is 12.6 Å². The van der Waals surface area contributed by atoms with E-state index in [9.17, 15) is 23.8 Å². The van der Waals surface area contributed by atoms with Crippen LogP contribution in [-0.2, 0) is 37.5 Å². The molecule has 0 aliphatic carbocycles. The SMILES string of the molecule is CC/C=C\C/C=C\C/C=C\C/C=C\CCCCC(=O)OC(COC(=O)CCCCCCC/C=C\CCCCCCCC)COP(=O)(O)OCC(N)C(=O)O. The Morgan fingerprint density at radius 3 is 1.61 bits per heavy atom. The van der Waals surface area contributed by atoms with Gasteiger partial charge in [-0.25, -0.2) is 4.57 Å². The zero-order valence-electron chi connectivity index (χ0n) is 33.3. The van der Waals surface area contributed by atoms with E-state index in [4.69, 9.17) is 24.8 Å². The minimum absolute atomic E-state index is 0.105. The molecule has 0 rings (SSSR count). The fraction of sp³-hybridized carbons (Fsp3) is 0.690. The van der Waals surface area contributed by atoms with E-state index in [0.717, 1.165) is 77.0 Å². The smallest absolute Gasteiger partial charge is 0.472 e. The highest BCUT2D eigenvalue weighted by molar-refractivity contribution is 7.47. The summed E-state index contributed by atoms with van der Waals surface area (Å²) in [5.41, 5.74) is 5.32. The number of carboxylic acids is 1. The maximum absolute atomic E-state index is 12.6. The molecule has 3 unspecified atom stereocenters. The molecule has 0 radical (unpaired) electrons. The summed E-state index contributed by atoms with van der Waals surface area (Å²) in [6.07, 6.45) is 41.5. The lowest BCUT2D eigenvalue weighted by Gasteiger charge is -2.20. The number of phosphoric acid groups is 1. The number of phosphoric ester groups is 1. The first-order valence-electron chi connectivity index (χ1n) is 20.3. The minimum Gasteiger partial charge on any atom is -0.480 e. The molecule has 0 spiro atoms. The summed E-state index contributed by atoms with van der Waals surface area (Å²) in [4.78, 5) is 45.8. The summed E-state index contributed by atoms with van der Waals surface area (Å²) in [6, 6.07) is -1.53. The highest BCUT2D eigenvalue weighted by Gasteiger charge is 2.28. The fourth-order valence-corrected chi connectivity index (χ4v) is 5.83. The van der Waals surface area contributed by atoms with Crippen LogP contribution in [0.3, 0.4) is 0 Å². The number of unbranched alkanes of at least 4 members (excludes halogenated alkanes) is 13. The lowest BCUT2D eigenvalue weighted by Crippen LogP contribution is -2.34. The van der Waals surface area contributed by atoms with Crippen molar-refractivity contribution in [3.8, 4) is 0 Å². The molecule has 0 fully saturated rings. The maximum Gasteiger partial charge on any atom is 0.472 e. The number of carbonyl (C=O) groups is 3. The molecule has 0 aliphatic heterocycles. The Labute approximate surface area is 326 Å². The lowest BCUT2D eigenvalue weighted by molar-refractivity contribution is -0.161. The van der Waals surface area contributed by atoms with Crippen LogP contribution in [0.25, 0.3) is 0 Å². The predicted molar refractivity (Wildman–Crippen MR) is 217 cm³/mol. The third kappa shape index (κ3) is 36.2. The number of carboxylic acid groups (broad SMARTS) is 1. The normalized spacial score (nSPS) is 14.4. The molecule has 0 amide bonds. The Morgan fingerprint density at radius 2 is 1.04 bits per heavy atom. The van der Waals surface area contributed by atoms with Crippen molar-refractivity contribution in [1.82, 2.24) is 0 Å². The van der Waals surface area contributed by atoms with Gasteiger partial charge in [-0.1, -0.05) is 126 Å². The number of nitrogens with two attached hydrogens (primary N) is 1.